The predicted molar refractivity (Wildman–Crippen MR) is 138 cm³/mol. The summed E-state index contributed by atoms with van der Waals surface area (Å²) < 4.78 is 5.57. The Morgan fingerprint density at radius 1 is 1.11 bits per heavy atom. The third-order valence-corrected chi connectivity index (χ3v) is 7.02. The van der Waals surface area contributed by atoms with E-state index in [1.165, 1.54) is 19.1 Å². The van der Waals surface area contributed by atoms with Crippen LogP contribution in [0.4, 0.5) is 0 Å². The molecule has 1 aromatic rings. The number of carbonyl (C=O) groups is 4. The maximum absolute atomic E-state index is 13.1. The second-order valence-corrected chi connectivity index (χ2v) is 10.5. The summed E-state index contributed by atoms with van der Waals surface area (Å²) in [6.45, 7) is 7.84. The van der Waals surface area contributed by atoms with Crippen LogP contribution in [0.3, 0.4) is 0 Å². The SMILES string of the molecule is CC(C)Oc1ccc(C(=O)N[C@@](C)(NC(=O)C2CCCN(C(=O)CCC3CCNCC3)C2)C(=O)O)cc1. The summed E-state index contributed by atoms with van der Waals surface area (Å²) >= 11 is 0. The quantitative estimate of drug-likeness (QED) is 0.350. The second kappa shape index (κ2) is 12.9. The summed E-state index contributed by atoms with van der Waals surface area (Å²) in [4.78, 5) is 52.4. The minimum atomic E-state index is -2.01. The van der Waals surface area contributed by atoms with Gasteiger partial charge in [0, 0.05) is 25.1 Å². The topological polar surface area (TPSA) is 137 Å². The van der Waals surface area contributed by atoms with Crippen LogP contribution in [0.2, 0.25) is 0 Å². The van der Waals surface area contributed by atoms with Crippen molar-refractivity contribution >= 4 is 23.7 Å². The number of hydrogen-bond acceptors (Lipinski definition) is 6. The van der Waals surface area contributed by atoms with Crippen molar-refractivity contribution < 1.29 is 29.0 Å². The molecule has 2 atom stereocenters. The summed E-state index contributed by atoms with van der Waals surface area (Å²) in [5, 5.41) is 18.1. The number of piperidine rings is 2. The first-order chi connectivity index (χ1) is 17.6. The number of rotatable bonds is 10. The largest absolute Gasteiger partial charge is 0.491 e. The number of nitrogens with one attached hydrogen (secondary N) is 3. The van der Waals surface area contributed by atoms with Gasteiger partial charge in [0.15, 0.2) is 0 Å². The van der Waals surface area contributed by atoms with Gasteiger partial charge in [0.1, 0.15) is 5.75 Å². The smallest absolute Gasteiger partial charge is 0.350 e. The summed E-state index contributed by atoms with van der Waals surface area (Å²) in [6, 6.07) is 6.33. The Morgan fingerprint density at radius 2 is 1.78 bits per heavy atom. The van der Waals surface area contributed by atoms with E-state index in [2.05, 4.69) is 16.0 Å². The van der Waals surface area contributed by atoms with Gasteiger partial charge in [0.2, 0.25) is 17.5 Å². The maximum atomic E-state index is 13.1. The maximum Gasteiger partial charge on any atom is 0.350 e. The van der Waals surface area contributed by atoms with Crippen molar-refractivity contribution in [2.75, 3.05) is 26.2 Å². The first-order valence-corrected chi connectivity index (χ1v) is 13.2. The van der Waals surface area contributed by atoms with Gasteiger partial charge in [-0.3, -0.25) is 14.4 Å². The van der Waals surface area contributed by atoms with Crippen LogP contribution in [0.15, 0.2) is 24.3 Å². The van der Waals surface area contributed by atoms with E-state index in [0.29, 0.717) is 37.5 Å². The van der Waals surface area contributed by atoms with E-state index in [1.54, 1.807) is 17.0 Å². The average Bonchev–Trinajstić information content (AvgIpc) is 2.87. The Bertz CT molecular complexity index is 960. The van der Waals surface area contributed by atoms with Gasteiger partial charge in [0.25, 0.3) is 5.91 Å². The van der Waals surface area contributed by atoms with E-state index in [9.17, 15) is 24.3 Å². The fraction of sp³-hybridized carbons (Fsp3) is 0.630. The van der Waals surface area contributed by atoms with Crippen molar-refractivity contribution in [3.05, 3.63) is 29.8 Å². The van der Waals surface area contributed by atoms with E-state index in [1.807, 2.05) is 13.8 Å². The van der Waals surface area contributed by atoms with E-state index in [0.717, 1.165) is 32.4 Å². The molecule has 2 saturated heterocycles. The summed E-state index contributed by atoms with van der Waals surface area (Å²) in [5.74, 6) is -1.89. The monoisotopic (exact) mass is 516 g/mol. The number of hydrogen-bond donors (Lipinski definition) is 4. The Kier molecular flexibility index (Phi) is 9.91. The zero-order chi connectivity index (χ0) is 27.0. The molecule has 3 amide bonds. The highest BCUT2D eigenvalue weighted by molar-refractivity contribution is 5.99. The molecule has 0 bridgehead atoms. The lowest BCUT2D eigenvalue weighted by atomic mass is 9.92. The standard InChI is InChI=1S/C27H40N4O6/c1-18(2)37-22-9-7-20(8-10-22)24(33)29-27(3,26(35)36)30-25(34)21-5-4-16-31(17-21)23(32)11-6-19-12-14-28-15-13-19/h7-10,18-19,21,28H,4-6,11-17H2,1-3H3,(H,29,33)(H,30,34)(H,35,36)/t21?,27-/m0/s1. The number of carbonyl (C=O) groups excluding carboxylic acids is 3. The number of aliphatic carboxylic acids is 1. The highest BCUT2D eigenvalue weighted by Gasteiger charge is 2.39. The molecule has 0 saturated carbocycles. The molecular formula is C27H40N4O6. The first kappa shape index (κ1) is 28.4. The molecule has 0 spiro atoms. The van der Waals surface area contributed by atoms with Gasteiger partial charge in [-0.25, -0.2) is 4.79 Å². The summed E-state index contributed by atoms with van der Waals surface area (Å²) in [5.41, 5.74) is -1.77. The third kappa shape index (κ3) is 8.18. The van der Waals surface area contributed by atoms with Crippen LogP contribution >= 0.6 is 0 Å². The number of nitrogens with zero attached hydrogens (tertiary/aromatic N) is 1. The molecule has 37 heavy (non-hydrogen) atoms. The lowest BCUT2D eigenvalue weighted by molar-refractivity contribution is -0.149. The first-order valence-electron chi connectivity index (χ1n) is 13.2. The summed E-state index contributed by atoms with van der Waals surface area (Å²) in [6.07, 6.45) is 4.65. The number of likely N-dealkylation sites (tertiary alicyclic amines) is 1. The van der Waals surface area contributed by atoms with Gasteiger partial charge >= 0.3 is 5.97 Å². The van der Waals surface area contributed by atoms with Crippen LogP contribution in [-0.4, -0.2) is 71.6 Å². The Morgan fingerprint density at radius 3 is 2.41 bits per heavy atom. The molecule has 2 heterocycles. The highest BCUT2D eigenvalue weighted by Crippen LogP contribution is 2.22. The van der Waals surface area contributed by atoms with Gasteiger partial charge in [0.05, 0.1) is 12.0 Å². The van der Waals surface area contributed by atoms with Crippen molar-refractivity contribution in [3.63, 3.8) is 0 Å². The molecule has 3 rings (SSSR count). The fourth-order valence-corrected chi connectivity index (χ4v) is 4.82. The number of ether oxygens (including phenoxy) is 1. The van der Waals surface area contributed by atoms with Gasteiger partial charge < -0.3 is 30.7 Å². The van der Waals surface area contributed by atoms with E-state index in [4.69, 9.17) is 4.74 Å². The number of carboxylic acids is 1. The molecular weight excluding hydrogens is 476 g/mol. The summed E-state index contributed by atoms with van der Waals surface area (Å²) in [7, 11) is 0. The zero-order valence-electron chi connectivity index (χ0n) is 22.0. The molecule has 0 aliphatic carbocycles. The molecule has 2 aliphatic rings. The lowest BCUT2D eigenvalue weighted by Crippen LogP contribution is -2.65. The molecule has 4 N–H and O–H groups in total. The Balaban J connectivity index is 1.56. The van der Waals surface area contributed by atoms with Crippen LogP contribution in [0.25, 0.3) is 0 Å². The van der Waals surface area contributed by atoms with Crippen LogP contribution in [-0.2, 0) is 14.4 Å². The molecule has 10 nitrogen and oxygen atoms in total. The molecule has 0 aromatic heterocycles. The van der Waals surface area contributed by atoms with Crippen molar-refractivity contribution in [2.24, 2.45) is 11.8 Å². The highest BCUT2D eigenvalue weighted by atomic mass is 16.5. The van der Waals surface area contributed by atoms with Crippen molar-refractivity contribution in [3.8, 4) is 5.75 Å². The molecule has 1 aromatic carbocycles. The lowest BCUT2D eigenvalue weighted by Gasteiger charge is -2.35. The molecule has 2 fully saturated rings. The van der Waals surface area contributed by atoms with Gasteiger partial charge in [-0.05, 0) is 96.1 Å². The van der Waals surface area contributed by atoms with Crippen LogP contribution in [0.1, 0.15) is 69.7 Å². The normalized spacial score (nSPS) is 20.1. The van der Waals surface area contributed by atoms with Crippen LogP contribution < -0.4 is 20.7 Å². The minimum Gasteiger partial charge on any atom is -0.491 e. The van der Waals surface area contributed by atoms with Crippen LogP contribution in [0.5, 0.6) is 5.75 Å². The number of benzene rings is 1. The fourth-order valence-electron chi connectivity index (χ4n) is 4.82. The molecule has 204 valence electrons. The Labute approximate surface area is 218 Å². The van der Waals surface area contributed by atoms with Crippen LogP contribution in [0, 0.1) is 11.8 Å². The minimum absolute atomic E-state index is 0.0226. The van der Waals surface area contributed by atoms with Crippen molar-refractivity contribution in [1.82, 2.24) is 20.9 Å². The number of carboxylic acid groups (broad SMARTS) is 1. The molecule has 10 heteroatoms. The third-order valence-electron chi connectivity index (χ3n) is 7.02. The van der Waals surface area contributed by atoms with Gasteiger partial charge in [-0.1, -0.05) is 0 Å². The molecule has 0 radical (unpaired) electrons. The average molecular weight is 517 g/mol. The van der Waals surface area contributed by atoms with Crippen molar-refractivity contribution in [1.29, 1.82) is 0 Å². The van der Waals surface area contributed by atoms with Crippen molar-refractivity contribution in [2.45, 2.75) is 71.1 Å². The van der Waals surface area contributed by atoms with E-state index >= 15 is 0 Å². The molecule has 1 unspecified atom stereocenters. The number of amides is 3. The zero-order valence-corrected chi connectivity index (χ0v) is 22.0. The van der Waals surface area contributed by atoms with E-state index in [-0.39, 0.29) is 24.1 Å². The van der Waals surface area contributed by atoms with Gasteiger partial charge in [-0.2, -0.15) is 0 Å². The second-order valence-electron chi connectivity index (χ2n) is 10.5. The predicted octanol–water partition coefficient (Wildman–Crippen LogP) is 2.14. The molecule has 2 aliphatic heterocycles. The van der Waals surface area contributed by atoms with Gasteiger partial charge in [-0.15, -0.1) is 0 Å². The van der Waals surface area contributed by atoms with E-state index < -0.39 is 29.4 Å². The Hall–Kier alpha value is -3.14.